The van der Waals surface area contributed by atoms with Gasteiger partial charge in [0.25, 0.3) is 0 Å². The quantitative estimate of drug-likeness (QED) is 0.0678. The Hall–Kier alpha value is -5.72. The van der Waals surface area contributed by atoms with Gasteiger partial charge in [-0.05, 0) is 55.2 Å². The van der Waals surface area contributed by atoms with Crippen LogP contribution in [-0.4, -0.2) is 66.6 Å². The highest BCUT2D eigenvalue weighted by atomic mass is 31.2. The molecular formula is C40H37F4N6O9P. The molecule has 3 aliphatic rings. The highest BCUT2D eigenvalue weighted by Gasteiger charge is 2.57. The van der Waals surface area contributed by atoms with Crippen molar-refractivity contribution in [3.63, 3.8) is 0 Å². The molecule has 2 aliphatic heterocycles. The smallest absolute Gasteiger partial charge is 0.424 e. The zero-order valence-electron chi connectivity index (χ0n) is 32.5. The number of aromatic nitrogens is 5. The maximum Gasteiger partial charge on any atom is 0.469 e. The van der Waals surface area contributed by atoms with Crippen molar-refractivity contribution in [3.8, 4) is 5.69 Å². The fourth-order valence-corrected chi connectivity index (χ4v) is 8.67. The van der Waals surface area contributed by atoms with Crippen LogP contribution >= 0.6 is 7.82 Å². The summed E-state index contributed by atoms with van der Waals surface area (Å²) in [4.78, 5) is 54.3. The van der Waals surface area contributed by atoms with Crippen molar-refractivity contribution in [3.05, 3.63) is 129 Å². The number of methoxy groups -OCH3 is 1. The first-order valence-corrected chi connectivity index (χ1v) is 20.1. The molecule has 2 N–H and O–H groups in total. The predicted octanol–water partition coefficient (Wildman–Crippen LogP) is 6.89. The summed E-state index contributed by atoms with van der Waals surface area (Å²) in [5.41, 5.74) is 1.30. The Balaban J connectivity index is 1.16. The summed E-state index contributed by atoms with van der Waals surface area (Å²) in [6.45, 7) is 4.58. The summed E-state index contributed by atoms with van der Waals surface area (Å²) in [6, 6.07) is 12.8. The summed E-state index contributed by atoms with van der Waals surface area (Å²) < 4.78 is 92.8. The molecule has 0 saturated carbocycles. The van der Waals surface area contributed by atoms with Crippen molar-refractivity contribution in [2.45, 2.75) is 64.0 Å². The van der Waals surface area contributed by atoms with E-state index < -0.39 is 61.9 Å². The number of ether oxygens (including phenoxy) is 3. The van der Waals surface area contributed by atoms with Crippen LogP contribution in [0, 0.1) is 0 Å². The third-order valence-corrected chi connectivity index (χ3v) is 11.8. The fourth-order valence-electron chi connectivity index (χ4n) is 8.35. The van der Waals surface area contributed by atoms with Gasteiger partial charge in [0.15, 0.2) is 5.60 Å². The molecule has 5 heterocycles. The molecule has 1 aliphatic carbocycles. The number of phosphoric ester groups is 1. The first-order chi connectivity index (χ1) is 28.4. The Bertz CT molecular complexity index is 2620. The molecule has 0 saturated heterocycles. The molecule has 314 valence electrons. The number of carbonyl (C=O) groups is 2. The molecule has 0 radical (unpaired) electrons. The first-order valence-electron chi connectivity index (χ1n) is 18.6. The van der Waals surface area contributed by atoms with Gasteiger partial charge >= 0.3 is 26.1 Å². The number of alkyl halides is 3. The molecule has 2 unspecified atom stereocenters. The number of benzene rings is 2. The number of fused-ring (bicyclic) bond motifs is 10. The summed E-state index contributed by atoms with van der Waals surface area (Å²) in [5, 5.41) is 5.09. The zero-order chi connectivity index (χ0) is 42.9. The van der Waals surface area contributed by atoms with Gasteiger partial charge in [0, 0.05) is 61.9 Å². The first kappa shape index (κ1) is 41.0. The fraction of sp³-hybridized carbons (Fsp3) is 0.325. The van der Waals surface area contributed by atoms with Gasteiger partial charge in [-0.25, -0.2) is 33.2 Å². The number of anilines is 1. The number of phosphoric acid groups is 1. The molecule has 60 heavy (non-hydrogen) atoms. The van der Waals surface area contributed by atoms with Crippen molar-refractivity contribution < 1.29 is 60.2 Å². The van der Waals surface area contributed by atoms with Crippen molar-refractivity contribution in [1.82, 2.24) is 24.3 Å². The van der Waals surface area contributed by atoms with Gasteiger partial charge in [-0.3, -0.25) is 9.09 Å². The molecule has 2 atom stereocenters. The number of hydrogen-bond donors (Lipinski definition) is 2. The van der Waals surface area contributed by atoms with E-state index in [-0.39, 0.29) is 23.8 Å². The third kappa shape index (κ3) is 6.70. The van der Waals surface area contributed by atoms with Gasteiger partial charge in [-0.15, -0.1) is 0 Å². The van der Waals surface area contributed by atoms with Crippen LogP contribution in [0.2, 0.25) is 0 Å². The molecule has 8 rings (SSSR count). The van der Waals surface area contributed by atoms with Crippen LogP contribution in [0.15, 0.2) is 72.9 Å². The minimum Gasteiger partial charge on any atom is -0.424 e. The minimum atomic E-state index is -4.70. The molecule has 3 aromatic heterocycles. The van der Waals surface area contributed by atoms with E-state index in [2.05, 4.69) is 14.5 Å². The molecule has 5 aromatic rings. The molecular weight excluding hydrogens is 815 g/mol. The molecule has 0 spiro atoms. The van der Waals surface area contributed by atoms with Crippen molar-refractivity contribution in [1.29, 1.82) is 0 Å². The van der Waals surface area contributed by atoms with Gasteiger partial charge < -0.3 is 28.9 Å². The lowest BCUT2D eigenvalue weighted by Crippen LogP contribution is -2.45. The predicted molar refractivity (Wildman–Crippen MR) is 203 cm³/mol. The van der Waals surface area contributed by atoms with Crippen LogP contribution in [0.4, 0.5) is 28.3 Å². The molecule has 20 heteroatoms. The minimum absolute atomic E-state index is 0.0520. The van der Waals surface area contributed by atoms with E-state index >= 15 is 4.39 Å². The maximum atomic E-state index is 17.8. The Morgan fingerprint density at radius 1 is 1.00 bits per heavy atom. The van der Waals surface area contributed by atoms with E-state index in [1.54, 1.807) is 11.0 Å². The Labute approximate surface area is 339 Å². The number of nitrogens with zero attached hydrogens (tertiary/aromatic N) is 6. The van der Waals surface area contributed by atoms with Crippen LogP contribution in [0.5, 0.6) is 0 Å². The lowest BCUT2D eigenvalue weighted by atomic mass is 9.61. The number of para-hydroxylation sites is 1. The van der Waals surface area contributed by atoms with Crippen LogP contribution in [0.1, 0.15) is 81.6 Å². The third-order valence-electron chi connectivity index (χ3n) is 11.3. The molecule has 0 amide bonds. The van der Waals surface area contributed by atoms with Crippen LogP contribution < -0.4 is 4.90 Å². The highest BCUT2D eigenvalue weighted by molar-refractivity contribution is 7.46. The largest absolute Gasteiger partial charge is 0.469 e. The summed E-state index contributed by atoms with van der Waals surface area (Å²) in [7, 11) is -3.38. The second kappa shape index (κ2) is 14.8. The SMILES string of the molecule is CCc1cccc2c1-n1nc3c(c1C1(C)C2=C(F)C(C)(OC)c2c1ccn2C(=O)OCOC(=O)c1ccc(COP(=O)(O)O)cc1)CN(c1ncc(C(F)(F)F)cn1)CC3. The second-order valence-corrected chi connectivity index (χ2v) is 16.0. The van der Waals surface area contributed by atoms with Gasteiger partial charge in [0.1, 0.15) is 5.83 Å². The second-order valence-electron chi connectivity index (χ2n) is 14.7. The lowest BCUT2D eigenvalue weighted by molar-refractivity contribution is -0.138. The van der Waals surface area contributed by atoms with Gasteiger partial charge in [-0.2, -0.15) is 18.3 Å². The van der Waals surface area contributed by atoms with E-state index in [0.29, 0.717) is 64.3 Å². The van der Waals surface area contributed by atoms with Crippen LogP contribution in [0.3, 0.4) is 0 Å². The Kier molecular flexibility index (Phi) is 10.1. The summed E-state index contributed by atoms with van der Waals surface area (Å²) in [5.74, 6) is -1.46. The number of rotatable bonds is 9. The highest BCUT2D eigenvalue weighted by Crippen LogP contribution is 2.61. The number of carbonyl (C=O) groups excluding carboxylic acids is 2. The van der Waals surface area contributed by atoms with Crippen LogP contribution in [-0.2, 0) is 66.5 Å². The molecule has 2 aromatic carbocycles. The monoisotopic (exact) mass is 852 g/mol. The molecule has 0 bridgehead atoms. The van der Waals surface area contributed by atoms with E-state index in [1.165, 1.54) is 44.5 Å². The maximum absolute atomic E-state index is 17.8. The van der Waals surface area contributed by atoms with Gasteiger partial charge in [0.05, 0.1) is 45.9 Å². The number of allylic oxidation sites excluding steroid dienone is 1. The van der Waals surface area contributed by atoms with E-state index in [9.17, 15) is 27.3 Å². The van der Waals surface area contributed by atoms with Crippen molar-refractivity contribution in [2.24, 2.45) is 0 Å². The van der Waals surface area contributed by atoms with Gasteiger partial charge in [0.2, 0.25) is 12.7 Å². The number of hydrogen-bond acceptors (Lipinski definition) is 11. The molecule has 15 nitrogen and oxygen atoms in total. The number of esters is 1. The normalized spacial score (nSPS) is 19.5. The summed E-state index contributed by atoms with van der Waals surface area (Å²) >= 11 is 0. The number of aryl methyl sites for hydroxylation is 1. The topological polar surface area (TPSA) is 180 Å². The van der Waals surface area contributed by atoms with E-state index in [4.69, 9.17) is 29.1 Å². The average molecular weight is 853 g/mol. The average Bonchev–Trinajstić information content (AvgIpc) is 3.86. The van der Waals surface area contributed by atoms with Gasteiger partial charge in [-0.1, -0.05) is 37.3 Å². The number of halogens is 4. The van der Waals surface area contributed by atoms with E-state index in [1.807, 2.05) is 36.7 Å². The van der Waals surface area contributed by atoms with E-state index in [0.717, 1.165) is 22.5 Å². The zero-order valence-corrected chi connectivity index (χ0v) is 33.4. The standard InChI is InChI=1S/C40H37F4N6O9P/c1-5-23-7-6-8-26-30-32(41)39(3,56-4)34-28(13-16-49(34)37(52)58-21-57-35(51)24-11-9-22(10-12-24)20-59-60(53,54)55)38(30,2)33-27-19-48(15-14-29(27)47-50(33)31(23)26)36-45-17-25(18-46-36)40(42,43)44/h6-13,16-18H,5,14-15,19-21H2,1-4H3,(H2,53,54,55). The van der Waals surface area contributed by atoms with Crippen LogP contribution in [0.25, 0.3) is 11.3 Å². The summed E-state index contributed by atoms with van der Waals surface area (Å²) in [6.07, 6.45) is -1.76. The Morgan fingerprint density at radius 3 is 2.37 bits per heavy atom. The van der Waals surface area contributed by atoms with Crippen molar-refractivity contribution >= 4 is 31.4 Å². The molecule has 0 fully saturated rings. The van der Waals surface area contributed by atoms with Crippen molar-refractivity contribution in [2.75, 3.05) is 25.3 Å². The lowest BCUT2D eigenvalue weighted by Gasteiger charge is -2.47. The Morgan fingerprint density at radius 2 is 1.72 bits per heavy atom.